The monoisotopic (exact) mass is 411 g/mol. The van der Waals surface area contributed by atoms with E-state index in [9.17, 15) is 5.11 Å². The zero-order valence-corrected chi connectivity index (χ0v) is 17.3. The number of hydrogen-bond acceptors (Lipinski definition) is 8. The van der Waals surface area contributed by atoms with Crippen LogP contribution in [0.5, 0.6) is 5.75 Å². The molecular weight excluding hydrogens is 386 g/mol. The number of allylic oxidation sites excluding steroid dienone is 1. The minimum Gasteiger partial charge on any atom is -0.504 e. The quantitative estimate of drug-likeness (QED) is 0.659. The van der Waals surface area contributed by atoms with Crippen LogP contribution in [0, 0.1) is 0 Å². The normalized spacial score (nSPS) is 20.5. The predicted molar refractivity (Wildman–Crippen MR) is 115 cm³/mol. The highest BCUT2D eigenvalue weighted by molar-refractivity contribution is 6.21. The van der Waals surface area contributed by atoms with Gasteiger partial charge in [0.05, 0.1) is 13.2 Å². The van der Waals surface area contributed by atoms with Gasteiger partial charge in [-0.25, -0.2) is 9.98 Å². The second-order valence-corrected chi connectivity index (χ2v) is 7.44. The molecule has 8 nitrogen and oxygen atoms in total. The van der Waals surface area contributed by atoms with Gasteiger partial charge >= 0.3 is 0 Å². The molecule has 1 saturated heterocycles. The molecule has 2 aromatic rings. The Morgan fingerprint density at radius 3 is 3.03 bits per heavy atom. The van der Waals surface area contributed by atoms with Gasteiger partial charge < -0.3 is 29.1 Å². The Labute approximate surface area is 174 Å². The molecule has 0 bridgehead atoms. The molecule has 158 valence electrons. The molecule has 0 spiro atoms. The third kappa shape index (κ3) is 3.96. The highest BCUT2D eigenvalue weighted by atomic mass is 16.7. The summed E-state index contributed by atoms with van der Waals surface area (Å²) in [6.07, 6.45) is 4.95. The van der Waals surface area contributed by atoms with Crippen LogP contribution in [0.1, 0.15) is 37.7 Å². The molecule has 30 heavy (non-hydrogen) atoms. The lowest BCUT2D eigenvalue weighted by molar-refractivity contribution is -0.136. The number of aliphatic imine (C=N–C) groups is 1. The van der Waals surface area contributed by atoms with Crippen molar-refractivity contribution in [1.29, 1.82) is 0 Å². The van der Waals surface area contributed by atoms with Crippen LogP contribution >= 0.6 is 0 Å². The molecular formula is C22H25N3O5. The number of hydrogen-bond donors (Lipinski definition) is 2. The number of fused-ring (bicyclic) bond motifs is 1. The molecule has 2 N–H and O–H groups in total. The van der Waals surface area contributed by atoms with Crippen molar-refractivity contribution in [3.63, 3.8) is 0 Å². The lowest BCUT2D eigenvalue weighted by Gasteiger charge is -2.17. The van der Waals surface area contributed by atoms with Crippen molar-refractivity contribution in [2.45, 2.75) is 32.7 Å². The van der Waals surface area contributed by atoms with Crippen molar-refractivity contribution in [2.75, 3.05) is 25.1 Å². The van der Waals surface area contributed by atoms with Gasteiger partial charge in [0.2, 0.25) is 5.88 Å². The summed E-state index contributed by atoms with van der Waals surface area (Å²) in [7, 11) is 0. The van der Waals surface area contributed by atoms with E-state index in [1.807, 2.05) is 32.9 Å². The fourth-order valence-corrected chi connectivity index (χ4v) is 3.42. The minimum absolute atomic E-state index is 0.0573. The van der Waals surface area contributed by atoms with Crippen molar-refractivity contribution < 1.29 is 23.7 Å². The van der Waals surface area contributed by atoms with Gasteiger partial charge in [-0.1, -0.05) is 6.58 Å². The third-order valence-corrected chi connectivity index (χ3v) is 4.77. The molecule has 1 atom stereocenters. The lowest BCUT2D eigenvalue weighted by atomic mass is 10.1. The summed E-state index contributed by atoms with van der Waals surface area (Å²) in [6.45, 7) is 10.8. The zero-order valence-electron chi connectivity index (χ0n) is 17.3. The SMILES string of the molecule is C=C(OCC)c1c(NCC2COC(C)(C)O2)oc(C=C2C=Nc3ncccc32)c1O. The largest absolute Gasteiger partial charge is 0.504 e. The molecule has 1 fully saturated rings. The molecule has 0 aliphatic carbocycles. The highest BCUT2D eigenvalue weighted by Gasteiger charge is 2.33. The van der Waals surface area contributed by atoms with Crippen molar-refractivity contribution in [2.24, 2.45) is 4.99 Å². The fraction of sp³-hybridized carbons (Fsp3) is 0.364. The summed E-state index contributed by atoms with van der Waals surface area (Å²) in [5.74, 6) is 0.903. The Balaban J connectivity index is 1.62. The molecule has 2 aromatic heterocycles. The second kappa shape index (κ2) is 7.97. The Kier molecular flexibility index (Phi) is 5.36. The van der Waals surface area contributed by atoms with E-state index in [1.165, 1.54) is 0 Å². The molecule has 2 aliphatic heterocycles. The first kappa shape index (κ1) is 20.2. The summed E-state index contributed by atoms with van der Waals surface area (Å²) in [5, 5.41) is 14.0. The minimum atomic E-state index is -0.617. The summed E-state index contributed by atoms with van der Waals surface area (Å²) >= 11 is 0. The van der Waals surface area contributed by atoms with E-state index in [2.05, 4.69) is 21.9 Å². The van der Waals surface area contributed by atoms with E-state index in [4.69, 9.17) is 18.6 Å². The number of rotatable bonds is 7. The molecule has 4 heterocycles. The van der Waals surface area contributed by atoms with Crippen LogP contribution in [0.4, 0.5) is 11.7 Å². The number of pyridine rings is 1. The van der Waals surface area contributed by atoms with Crippen LogP contribution in [0.2, 0.25) is 0 Å². The van der Waals surface area contributed by atoms with Crippen molar-refractivity contribution >= 4 is 35.3 Å². The van der Waals surface area contributed by atoms with E-state index < -0.39 is 5.79 Å². The smallest absolute Gasteiger partial charge is 0.208 e. The molecule has 0 saturated carbocycles. The van der Waals surface area contributed by atoms with Gasteiger partial charge in [0.25, 0.3) is 0 Å². The fourth-order valence-electron chi connectivity index (χ4n) is 3.42. The maximum absolute atomic E-state index is 10.9. The molecule has 0 aromatic carbocycles. The predicted octanol–water partition coefficient (Wildman–Crippen LogP) is 4.21. The van der Waals surface area contributed by atoms with Gasteiger partial charge in [-0.05, 0) is 39.0 Å². The van der Waals surface area contributed by atoms with Gasteiger partial charge in [0, 0.05) is 30.1 Å². The van der Waals surface area contributed by atoms with Crippen LogP contribution in [-0.2, 0) is 14.2 Å². The summed E-state index contributed by atoms with van der Waals surface area (Å²) in [4.78, 5) is 8.52. The molecule has 0 amide bonds. The Morgan fingerprint density at radius 2 is 2.30 bits per heavy atom. The maximum Gasteiger partial charge on any atom is 0.208 e. The number of furan rings is 1. The summed E-state index contributed by atoms with van der Waals surface area (Å²) in [5.41, 5.74) is 2.03. The summed E-state index contributed by atoms with van der Waals surface area (Å²) in [6, 6.07) is 3.75. The molecule has 0 radical (unpaired) electrons. The average molecular weight is 411 g/mol. The molecule has 4 rings (SSSR count). The molecule has 8 heteroatoms. The Bertz CT molecular complexity index is 1020. The van der Waals surface area contributed by atoms with Crippen molar-refractivity contribution in [3.8, 4) is 5.75 Å². The van der Waals surface area contributed by atoms with Gasteiger partial charge in [-0.3, -0.25) is 0 Å². The lowest BCUT2D eigenvalue weighted by Crippen LogP contribution is -2.26. The Hall–Kier alpha value is -3.10. The molecule has 1 unspecified atom stereocenters. The van der Waals surface area contributed by atoms with E-state index in [-0.39, 0.29) is 17.6 Å². The van der Waals surface area contributed by atoms with Crippen molar-refractivity contribution in [1.82, 2.24) is 4.98 Å². The highest BCUT2D eigenvalue weighted by Crippen LogP contribution is 2.41. The maximum atomic E-state index is 10.9. The summed E-state index contributed by atoms with van der Waals surface area (Å²) < 4.78 is 22.9. The number of aromatic nitrogens is 1. The number of anilines is 1. The van der Waals surface area contributed by atoms with Crippen LogP contribution in [0.3, 0.4) is 0 Å². The first-order valence-corrected chi connectivity index (χ1v) is 9.82. The second-order valence-electron chi connectivity index (χ2n) is 7.44. The van der Waals surface area contributed by atoms with Crippen molar-refractivity contribution in [3.05, 3.63) is 41.8 Å². The molecule has 2 aliphatic rings. The van der Waals surface area contributed by atoms with Crippen LogP contribution < -0.4 is 5.32 Å². The number of ether oxygens (including phenoxy) is 3. The zero-order chi connectivity index (χ0) is 21.3. The van der Waals surface area contributed by atoms with Gasteiger partial charge in [-0.15, -0.1) is 0 Å². The van der Waals surface area contributed by atoms with Crippen LogP contribution in [0.15, 0.2) is 34.3 Å². The standard InChI is InChI=1S/C22H25N3O5/c1-5-27-13(2)18-19(26)17(9-14-10-24-20-16(14)7-6-8-23-20)29-21(18)25-11-15-12-28-22(3,4)30-15/h6-10,15,25-26H,2,5,11-12H2,1,3-4H3. The van der Waals surface area contributed by atoms with Crippen LogP contribution in [-0.4, -0.2) is 48.0 Å². The van der Waals surface area contributed by atoms with Gasteiger partial charge in [0.1, 0.15) is 17.4 Å². The first-order chi connectivity index (χ1) is 14.4. The Morgan fingerprint density at radius 1 is 1.47 bits per heavy atom. The number of aromatic hydroxyl groups is 1. The van der Waals surface area contributed by atoms with E-state index in [0.29, 0.717) is 42.8 Å². The van der Waals surface area contributed by atoms with E-state index in [0.717, 1.165) is 11.1 Å². The number of nitrogens with zero attached hydrogens (tertiary/aromatic N) is 2. The van der Waals surface area contributed by atoms with Gasteiger partial charge in [-0.2, -0.15) is 0 Å². The van der Waals surface area contributed by atoms with Crippen LogP contribution in [0.25, 0.3) is 17.4 Å². The topological polar surface area (TPSA) is 98.3 Å². The average Bonchev–Trinajstić information content (AvgIpc) is 3.37. The third-order valence-electron chi connectivity index (χ3n) is 4.77. The van der Waals surface area contributed by atoms with E-state index >= 15 is 0 Å². The first-order valence-electron chi connectivity index (χ1n) is 9.82. The number of nitrogens with one attached hydrogen (secondary N) is 1. The van der Waals surface area contributed by atoms with E-state index in [1.54, 1.807) is 18.5 Å². The van der Waals surface area contributed by atoms with Gasteiger partial charge in [0.15, 0.2) is 23.1 Å².